The van der Waals surface area contributed by atoms with Gasteiger partial charge >= 0.3 is 0 Å². The summed E-state index contributed by atoms with van der Waals surface area (Å²) < 4.78 is 1.92. The number of pyridine rings is 1. The third kappa shape index (κ3) is 1.29. The monoisotopic (exact) mass is 191 g/mol. The van der Waals surface area contributed by atoms with E-state index in [-0.39, 0.29) is 6.61 Å². The Morgan fingerprint density at radius 2 is 2.43 bits per heavy atom. The highest BCUT2D eigenvalue weighted by Gasteiger charge is 2.12. The van der Waals surface area contributed by atoms with Crippen molar-refractivity contribution in [3.05, 3.63) is 35.9 Å². The average Bonchev–Trinajstić information content (AvgIpc) is 2.62. The fourth-order valence-corrected chi connectivity index (χ4v) is 1.61. The van der Waals surface area contributed by atoms with Crippen LogP contribution < -0.4 is 5.73 Å². The van der Waals surface area contributed by atoms with Crippen molar-refractivity contribution < 1.29 is 5.11 Å². The summed E-state index contributed by atoms with van der Waals surface area (Å²) in [6.45, 7) is 1.92. The topological polar surface area (TPSA) is 63.5 Å². The standard InChI is InChI=1S/C10H13N3O/c1-7-3-2-4-13-6-12-9(10(7)13)8(11)5-14/h2-4,6,8,14H,5,11H2,1H3. The number of aliphatic hydroxyl groups excluding tert-OH is 1. The predicted molar refractivity (Wildman–Crippen MR) is 53.9 cm³/mol. The molecule has 4 nitrogen and oxygen atoms in total. The van der Waals surface area contributed by atoms with Gasteiger partial charge in [-0.1, -0.05) is 6.07 Å². The van der Waals surface area contributed by atoms with E-state index in [1.54, 1.807) is 6.33 Å². The highest BCUT2D eigenvalue weighted by atomic mass is 16.3. The molecule has 14 heavy (non-hydrogen) atoms. The van der Waals surface area contributed by atoms with Gasteiger partial charge in [0.1, 0.15) is 0 Å². The van der Waals surface area contributed by atoms with Crippen molar-refractivity contribution in [2.45, 2.75) is 13.0 Å². The molecule has 0 aromatic carbocycles. The smallest absolute Gasteiger partial charge is 0.0996 e. The van der Waals surface area contributed by atoms with E-state index in [2.05, 4.69) is 4.98 Å². The first-order valence-electron chi connectivity index (χ1n) is 4.52. The van der Waals surface area contributed by atoms with Gasteiger partial charge in [0.2, 0.25) is 0 Å². The molecule has 0 aliphatic carbocycles. The zero-order valence-electron chi connectivity index (χ0n) is 8.01. The summed E-state index contributed by atoms with van der Waals surface area (Å²) >= 11 is 0. The average molecular weight is 191 g/mol. The molecule has 0 radical (unpaired) electrons. The second-order valence-electron chi connectivity index (χ2n) is 3.37. The van der Waals surface area contributed by atoms with Crippen molar-refractivity contribution in [2.75, 3.05) is 6.61 Å². The van der Waals surface area contributed by atoms with Crippen LogP contribution >= 0.6 is 0 Å². The van der Waals surface area contributed by atoms with Crippen molar-refractivity contribution >= 4 is 5.52 Å². The number of hydrogen-bond donors (Lipinski definition) is 2. The van der Waals surface area contributed by atoms with E-state index in [1.165, 1.54) is 0 Å². The summed E-state index contributed by atoms with van der Waals surface area (Å²) in [5, 5.41) is 8.98. The summed E-state index contributed by atoms with van der Waals surface area (Å²) in [5.41, 5.74) is 8.61. The maximum Gasteiger partial charge on any atom is 0.0996 e. The Balaban J connectivity index is 2.67. The summed E-state index contributed by atoms with van der Waals surface area (Å²) in [7, 11) is 0. The summed E-state index contributed by atoms with van der Waals surface area (Å²) in [5.74, 6) is 0. The second-order valence-corrected chi connectivity index (χ2v) is 3.37. The zero-order valence-corrected chi connectivity index (χ0v) is 8.01. The van der Waals surface area contributed by atoms with E-state index in [0.29, 0.717) is 0 Å². The molecule has 0 bridgehead atoms. The minimum atomic E-state index is -0.402. The number of fused-ring (bicyclic) bond motifs is 1. The fourth-order valence-electron chi connectivity index (χ4n) is 1.61. The molecule has 3 N–H and O–H groups in total. The van der Waals surface area contributed by atoms with E-state index in [0.717, 1.165) is 16.8 Å². The number of aryl methyl sites for hydroxylation is 1. The molecule has 0 amide bonds. The highest BCUT2D eigenvalue weighted by Crippen LogP contribution is 2.18. The molecule has 1 unspecified atom stereocenters. The molecular formula is C10H13N3O. The first kappa shape index (κ1) is 9.18. The van der Waals surface area contributed by atoms with Crippen LogP contribution in [-0.4, -0.2) is 21.1 Å². The Morgan fingerprint density at radius 3 is 3.14 bits per heavy atom. The van der Waals surface area contributed by atoms with Crippen LogP contribution in [0, 0.1) is 6.92 Å². The largest absolute Gasteiger partial charge is 0.394 e. The van der Waals surface area contributed by atoms with Crippen molar-refractivity contribution in [1.29, 1.82) is 0 Å². The van der Waals surface area contributed by atoms with E-state index in [1.807, 2.05) is 29.7 Å². The maximum absolute atomic E-state index is 8.98. The Kier molecular flexibility index (Phi) is 2.23. The third-order valence-corrected chi connectivity index (χ3v) is 2.34. The molecule has 2 heterocycles. The van der Waals surface area contributed by atoms with Crippen LogP contribution in [0.15, 0.2) is 24.7 Å². The van der Waals surface area contributed by atoms with Crippen LogP contribution in [0.1, 0.15) is 17.3 Å². The van der Waals surface area contributed by atoms with E-state index in [9.17, 15) is 0 Å². The second kappa shape index (κ2) is 3.40. The number of aromatic nitrogens is 2. The summed E-state index contributed by atoms with van der Waals surface area (Å²) in [4.78, 5) is 4.20. The zero-order chi connectivity index (χ0) is 10.1. The Bertz CT molecular complexity index is 450. The SMILES string of the molecule is Cc1cccn2cnc(C(N)CO)c12. The molecule has 4 heteroatoms. The quantitative estimate of drug-likeness (QED) is 0.732. The van der Waals surface area contributed by atoms with Gasteiger partial charge in [0.25, 0.3) is 0 Å². The maximum atomic E-state index is 8.98. The lowest BCUT2D eigenvalue weighted by atomic mass is 10.1. The van der Waals surface area contributed by atoms with Gasteiger partial charge in [-0.15, -0.1) is 0 Å². The van der Waals surface area contributed by atoms with Crippen molar-refractivity contribution in [3.63, 3.8) is 0 Å². The molecule has 74 valence electrons. The van der Waals surface area contributed by atoms with Gasteiger partial charge in [0, 0.05) is 6.20 Å². The van der Waals surface area contributed by atoms with Gasteiger partial charge in [-0.3, -0.25) is 0 Å². The number of hydrogen-bond acceptors (Lipinski definition) is 3. The van der Waals surface area contributed by atoms with Crippen LogP contribution in [0.5, 0.6) is 0 Å². The molecule has 0 fully saturated rings. The molecule has 1 atom stereocenters. The summed E-state index contributed by atoms with van der Waals surface area (Å²) in [6, 6.07) is 3.56. The van der Waals surface area contributed by atoms with Gasteiger partial charge in [0.15, 0.2) is 0 Å². The molecule has 0 spiro atoms. The first-order chi connectivity index (χ1) is 6.74. The Hall–Kier alpha value is -1.39. The van der Waals surface area contributed by atoms with Crippen LogP contribution in [0.2, 0.25) is 0 Å². The van der Waals surface area contributed by atoms with E-state index >= 15 is 0 Å². The normalized spacial score (nSPS) is 13.4. The molecule has 0 aliphatic rings. The predicted octanol–water partition coefficient (Wildman–Crippen LogP) is 0.635. The van der Waals surface area contributed by atoms with Gasteiger partial charge in [-0.05, 0) is 18.6 Å². The van der Waals surface area contributed by atoms with Crippen molar-refractivity contribution in [3.8, 4) is 0 Å². The summed E-state index contributed by atoms with van der Waals surface area (Å²) in [6.07, 6.45) is 3.64. The lowest BCUT2D eigenvalue weighted by Gasteiger charge is -2.06. The highest BCUT2D eigenvalue weighted by molar-refractivity contribution is 5.59. The Labute approximate surface area is 82.0 Å². The van der Waals surface area contributed by atoms with E-state index in [4.69, 9.17) is 10.8 Å². The van der Waals surface area contributed by atoms with Gasteiger partial charge in [0.05, 0.1) is 30.2 Å². The van der Waals surface area contributed by atoms with Crippen LogP contribution in [0.4, 0.5) is 0 Å². The van der Waals surface area contributed by atoms with E-state index < -0.39 is 6.04 Å². The lowest BCUT2D eigenvalue weighted by Crippen LogP contribution is -2.15. The number of rotatable bonds is 2. The molecular weight excluding hydrogens is 178 g/mol. The van der Waals surface area contributed by atoms with Gasteiger partial charge in [-0.2, -0.15) is 0 Å². The minimum Gasteiger partial charge on any atom is -0.394 e. The van der Waals surface area contributed by atoms with Crippen molar-refractivity contribution in [2.24, 2.45) is 5.73 Å². The third-order valence-electron chi connectivity index (χ3n) is 2.34. The molecule has 0 saturated heterocycles. The first-order valence-corrected chi connectivity index (χ1v) is 4.52. The number of nitrogens with zero attached hydrogens (tertiary/aromatic N) is 2. The molecule has 2 rings (SSSR count). The lowest BCUT2D eigenvalue weighted by molar-refractivity contribution is 0.267. The molecule has 2 aromatic rings. The molecule has 0 aliphatic heterocycles. The van der Waals surface area contributed by atoms with Gasteiger partial charge < -0.3 is 15.2 Å². The van der Waals surface area contributed by atoms with Gasteiger partial charge in [-0.25, -0.2) is 4.98 Å². The number of imidazole rings is 1. The van der Waals surface area contributed by atoms with Crippen molar-refractivity contribution in [1.82, 2.24) is 9.38 Å². The van der Waals surface area contributed by atoms with Crippen LogP contribution in [0.3, 0.4) is 0 Å². The van der Waals surface area contributed by atoms with Crippen LogP contribution in [-0.2, 0) is 0 Å². The molecule has 0 saturated carbocycles. The Morgan fingerprint density at radius 1 is 1.64 bits per heavy atom. The number of aliphatic hydroxyl groups is 1. The fraction of sp³-hybridized carbons (Fsp3) is 0.300. The van der Waals surface area contributed by atoms with Crippen LogP contribution in [0.25, 0.3) is 5.52 Å². The minimum absolute atomic E-state index is 0.0823. The molecule has 2 aromatic heterocycles. The number of nitrogens with two attached hydrogens (primary N) is 1.